The summed E-state index contributed by atoms with van der Waals surface area (Å²) in [6.07, 6.45) is 2.16. The predicted octanol–water partition coefficient (Wildman–Crippen LogP) is 8.64. The molecule has 0 saturated carbocycles. The van der Waals surface area contributed by atoms with Crippen molar-refractivity contribution in [3.8, 4) is 16.9 Å². The molecule has 0 amide bonds. The Morgan fingerprint density at radius 2 is 1.29 bits per heavy atom. The third kappa shape index (κ3) is 2.93. The van der Waals surface area contributed by atoms with Gasteiger partial charge in [-0.2, -0.15) is 0 Å². The molecule has 3 heterocycles. The van der Waals surface area contributed by atoms with E-state index in [1.807, 2.05) is 12.1 Å². The highest BCUT2D eigenvalue weighted by Crippen LogP contribution is 2.37. The third-order valence-corrected chi connectivity index (χ3v) is 7.94. The number of hydrogen-bond acceptors (Lipinski definition) is 1. The zero-order chi connectivity index (χ0) is 25.4. The summed E-state index contributed by atoms with van der Waals surface area (Å²) in [6, 6.07) is 39.1. The van der Waals surface area contributed by atoms with Crippen molar-refractivity contribution in [3.63, 3.8) is 0 Å². The van der Waals surface area contributed by atoms with Crippen molar-refractivity contribution in [3.05, 3.63) is 121 Å². The van der Waals surface area contributed by atoms with Gasteiger partial charge in [-0.15, -0.1) is 0 Å². The lowest BCUT2D eigenvalue weighted by molar-refractivity contribution is -0.659. The first-order chi connectivity index (χ1) is 18.7. The van der Waals surface area contributed by atoms with Crippen molar-refractivity contribution in [1.29, 1.82) is 0 Å². The van der Waals surface area contributed by atoms with E-state index in [2.05, 4.69) is 126 Å². The quantitative estimate of drug-likeness (QED) is 0.223. The van der Waals surface area contributed by atoms with Crippen LogP contribution in [-0.2, 0) is 7.05 Å². The molecule has 0 N–H and O–H groups in total. The molecule has 5 aromatic carbocycles. The molecular weight excluding hydrogens is 464 g/mol. The van der Waals surface area contributed by atoms with Crippen LogP contribution in [0.1, 0.15) is 5.56 Å². The number of aryl methyl sites for hydroxylation is 2. The lowest BCUT2D eigenvalue weighted by Crippen LogP contribution is -2.30. The molecule has 8 aromatic rings. The third-order valence-electron chi connectivity index (χ3n) is 7.94. The minimum atomic E-state index is 0.922. The molecule has 180 valence electrons. The Hall–Kier alpha value is -4.89. The van der Waals surface area contributed by atoms with Crippen molar-refractivity contribution < 1.29 is 8.98 Å². The van der Waals surface area contributed by atoms with Crippen LogP contribution in [0.4, 0.5) is 0 Å². The van der Waals surface area contributed by atoms with Gasteiger partial charge >= 0.3 is 0 Å². The second-order valence-corrected chi connectivity index (χ2v) is 10.2. The van der Waals surface area contributed by atoms with Gasteiger partial charge in [-0.3, -0.25) is 0 Å². The van der Waals surface area contributed by atoms with Crippen LogP contribution in [-0.4, -0.2) is 4.57 Å². The monoisotopic (exact) mass is 489 g/mol. The van der Waals surface area contributed by atoms with Crippen LogP contribution in [0.25, 0.3) is 71.5 Å². The molecule has 8 rings (SSSR count). The van der Waals surface area contributed by atoms with E-state index in [-0.39, 0.29) is 0 Å². The van der Waals surface area contributed by atoms with Crippen LogP contribution in [0.2, 0.25) is 0 Å². The highest BCUT2D eigenvalue weighted by atomic mass is 16.3. The number of rotatable bonds is 2. The van der Waals surface area contributed by atoms with E-state index in [1.165, 1.54) is 60.5 Å². The molecular formula is C35H25N2O+. The van der Waals surface area contributed by atoms with Gasteiger partial charge in [0, 0.05) is 33.3 Å². The van der Waals surface area contributed by atoms with Gasteiger partial charge in [-0.1, -0.05) is 54.6 Å². The summed E-state index contributed by atoms with van der Waals surface area (Å²) in [5.74, 6) is 0. The molecule has 3 heteroatoms. The average molecular weight is 490 g/mol. The average Bonchev–Trinajstić information content (AvgIpc) is 3.48. The summed E-state index contributed by atoms with van der Waals surface area (Å²) in [6.45, 7) is 2.20. The maximum absolute atomic E-state index is 6.26. The molecule has 0 aliphatic carbocycles. The number of benzene rings is 5. The Labute approximate surface area is 219 Å². The van der Waals surface area contributed by atoms with E-state index in [1.54, 1.807) is 0 Å². The van der Waals surface area contributed by atoms with Crippen molar-refractivity contribution in [2.24, 2.45) is 7.05 Å². The van der Waals surface area contributed by atoms with Crippen molar-refractivity contribution in [1.82, 2.24) is 4.57 Å². The van der Waals surface area contributed by atoms with E-state index in [4.69, 9.17) is 4.42 Å². The first-order valence-corrected chi connectivity index (χ1v) is 13.0. The molecule has 0 unspecified atom stereocenters. The van der Waals surface area contributed by atoms with Crippen LogP contribution < -0.4 is 4.57 Å². The SMILES string of the molecule is Cc1cc2c(cc1-c1c3ccc(-n4c5ccccc5c5ccccc54)cc3cc[n+]1C)oc1ccccc12. The van der Waals surface area contributed by atoms with E-state index >= 15 is 0 Å². The second-order valence-electron chi connectivity index (χ2n) is 10.2. The number of aromatic nitrogens is 2. The largest absolute Gasteiger partial charge is 0.456 e. The molecule has 3 nitrogen and oxygen atoms in total. The zero-order valence-corrected chi connectivity index (χ0v) is 21.3. The minimum absolute atomic E-state index is 0.922. The van der Waals surface area contributed by atoms with Crippen LogP contribution in [0.15, 0.2) is 120 Å². The van der Waals surface area contributed by atoms with Gasteiger partial charge in [0.15, 0.2) is 6.20 Å². The van der Waals surface area contributed by atoms with Gasteiger partial charge in [-0.25, -0.2) is 4.57 Å². The second kappa shape index (κ2) is 7.80. The van der Waals surface area contributed by atoms with Crippen LogP contribution >= 0.6 is 0 Å². The van der Waals surface area contributed by atoms with E-state index < -0.39 is 0 Å². The topological polar surface area (TPSA) is 21.9 Å². The smallest absolute Gasteiger partial charge is 0.220 e. The summed E-state index contributed by atoms with van der Waals surface area (Å²) in [4.78, 5) is 0. The van der Waals surface area contributed by atoms with Crippen LogP contribution in [0.5, 0.6) is 0 Å². The fourth-order valence-corrected chi connectivity index (χ4v) is 6.17. The first kappa shape index (κ1) is 21.2. The first-order valence-electron chi connectivity index (χ1n) is 13.0. The van der Waals surface area contributed by atoms with E-state index in [0.29, 0.717) is 0 Å². The molecule has 0 atom stereocenters. The minimum Gasteiger partial charge on any atom is -0.456 e. The van der Waals surface area contributed by atoms with Gasteiger partial charge in [0.25, 0.3) is 0 Å². The number of para-hydroxylation sites is 3. The number of fused-ring (bicyclic) bond motifs is 7. The number of nitrogens with zero attached hydrogens (tertiary/aromatic N) is 2. The van der Waals surface area contributed by atoms with Crippen molar-refractivity contribution >= 4 is 54.5 Å². The van der Waals surface area contributed by atoms with Gasteiger partial charge in [0.2, 0.25) is 5.69 Å². The van der Waals surface area contributed by atoms with Gasteiger partial charge in [-0.05, 0) is 66.4 Å². The van der Waals surface area contributed by atoms with Crippen LogP contribution in [0, 0.1) is 6.92 Å². The summed E-state index contributed by atoms with van der Waals surface area (Å²) in [5.41, 5.74) is 9.08. The maximum Gasteiger partial charge on any atom is 0.220 e. The number of furan rings is 1. The fraction of sp³-hybridized carbons (Fsp3) is 0.0571. The molecule has 38 heavy (non-hydrogen) atoms. The standard InChI is InChI=1S/C35H25N2O/c1-22-19-30-28-11-5-8-14-33(28)38-34(30)21-29(22)35-25-16-15-24(20-23(25)17-18-36(35)2)37-31-12-6-3-9-26(31)27-10-4-7-13-32(27)37/h3-21H,1-2H3/q+1. The highest BCUT2D eigenvalue weighted by molar-refractivity contribution is 6.10. The summed E-state index contributed by atoms with van der Waals surface area (Å²) in [7, 11) is 2.12. The molecule has 0 spiro atoms. The molecule has 0 aliphatic heterocycles. The molecule has 0 bridgehead atoms. The Morgan fingerprint density at radius 3 is 2.05 bits per heavy atom. The molecule has 0 radical (unpaired) electrons. The van der Waals surface area contributed by atoms with Crippen LogP contribution in [0.3, 0.4) is 0 Å². The summed E-state index contributed by atoms with van der Waals surface area (Å²) in [5, 5.41) is 7.31. The van der Waals surface area contributed by atoms with E-state index in [9.17, 15) is 0 Å². The Balaban J connectivity index is 1.37. The molecule has 0 fully saturated rings. The number of hydrogen-bond donors (Lipinski definition) is 0. The Bertz CT molecular complexity index is 2160. The Kier molecular flexibility index (Phi) is 4.36. The van der Waals surface area contributed by atoms with Gasteiger partial charge in [0.1, 0.15) is 18.2 Å². The van der Waals surface area contributed by atoms with Gasteiger partial charge in [0.05, 0.1) is 22.0 Å². The summed E-state index contributed by atoms with van der Waals surface area (Å²) >= 11 is 0. The maximum atomic E-state index is 6.26. The van der Waals surface area contributed by atoms with Gasteiger partial charge < -0.3 is 8.98 Å². The van der Waals surface area contributed by atoms with E-state index in [0.717, 1.165) is 16.6 Å². The van der Waals surface area contributed by atoms with Crippen molar-refractivity contribution in [2.45, 2.75) is 6.92 Å². The predicted molar refractivity (Wildman–Crippen MR) is 157 cm³/mol. The normalized spacial score (nSPS) is 11.9. The van der Waals surface area contributed by atoms with Crippen molar-refractivity contribution in [2.75, 3.05) is 0 Å². The lowest BCUT2D eigenvalue weighted by Gasteiger charge is -2.12. The number of pyridine rings is 1. The highest BCUT2D eigenvalue weighted by Gasteiger charge is 2.21. The Morgan fingerprint density at radius 1 is 0.605 bits per heavy atom. The zero-order valence-electron chi connectivity index (χ0n) is 21.3. The summed E-state index contributed by atoms with van der Waals surface area (Å²) < 4.78 is 10.9. The molecule has 0 aliphatic rings. The lowest BCUT2D eigenvalue weighted by atomic mass is 9.97. The molecule has 3 aromatic heterocycles. The molecule has 0 saturated heterocycles. The fourth-order valence-electron chi connectivity index (χ4n) is 6.17.